The molecule has 1 aromatic carbocycles. The van der Waals surface area contributed by atoms with Crippen LogP contribution in [0.4, 0.5) is 0 Å². The second kappa shape index (κ2) is 5.76. The van der Waals surface area contributed by atoms with Crippen LogP contribution in [0.5, 0.6) is 5.75 Å². The number of rotatable bonds is 3. The highest BCUT2D eigenvalue weighted by Gasteiger charge is 2.43. The Labute approximate surface area is 115 Å². The third-order valence-electron chi connectivity index (χ3n) is 3.16. The monoisotopic (exact) mass is 284 g/mol. The first-order chi connectivity index (χ1) is 9.40. The Morgan fingerprint density at radius 1 is 1.10 bits per heavy atom. The van der Waals surface area contributed by atoms with Crippen molar-refractivity contribution in [3.05, 3.63) is 29.8 Å². The maximum Gasteiger partial charge on any atom is 0.335 e. The van der Waals surface area contributed by atoms with E-state index in [1.54, 1.807) is 6.92 Å². The molecule has 0 aliphatic carbocycles. The Bertz CT molecular complexity index is 472. The lowest BCUT2D eigenvalue weighted by Crippen LogP contribution is -2.58. The molecule has 1 heterocycles. The van der Waals surface area contributed by atoms with Gasteiger partial charge in [-0.3, -0.25) is 0 Å². The summed E-state index contributed by atoms with van der Waals surface area (Å²) in [5.74, 6) is -0.771. The van der Waals surface area contributed by atoms with Gasteiger partial charge in [0, 0.05) is 0 Å². The van der Waals surface area contributed by atoms with Crippen LogP contribution in [0.1, 0.15) is 17.3 Å². The summed E-state index contributed by atoms with van der Waals surface area (Å²) in [4.78, 5) is 10.7. The molecule has 2 rings (SSSR count). The van der Waals surface area contributed by atoms with E-state index >= 15 is 0 Å². The molecule has 0 spiro atoms. The van der Waals surface area contributed by atoms with Gasteiger partial charge in [-0.15, -0.1) is 0 Å². The highest BCUT2D eigenvalue weighted by atomic mass is 16.7. The first-order valence-electron chi connectivity index (χ1n) is 6.10. The number of aromatic carboxylic acids is 1. The van der Waals surface area contributed by atoms with Gasteiger partial charge in [-0.1, -0.05) is 0 Å². The number of aliphatic hydroxyl groups excluding tert-OH is 3. The SMILES string of the molecule is C[C@@H]1O[C@@H](Oc2ccc(C(=O)O)cc2)[C@H](O)[C@H](O)[C@H]1O. The van der Waals surface area contributed by atoms with Crippen molar-refractivity contribution in [2.75, 3.05) is 0 Å². The standard InChI is InChI=1S/C13H16O7/c1-6-9(14)10(15)11(16)13(19-6)20-8-4-2-7(3-5-8)12(17)18/h2-6,9-11,13-16H,1H3,(H,17,18)/t6-,9-,10+,11+,13-/m0/s1. The number of carboxylic acid groups (broad SMARTS) is 1. The summed E-state index contributed by atoms with van der Waals surface area (Å²) in [6, 6.07) is 5.53. The van der Waals surface area contributed by atoms with E-state index in [1.165, 1.54) is 24.3 Å². The van der Waals surface area contributed by atoms with Gasteiger partial charge in [-0.05, 0) is 31.2 Å². The van der Waals surface area contributed by atoms with E-state index in [1.807, 2.05) is 0 Å². The maximum absolute atomic E-state index is 10.7. The molecule has 0 aromatic heterocycles. The van der Waals surface area contributed by atoms with E-state index in [4.69, 9.17) is 14.6 Å². The Hall–Kier alpha value is -1.67. The van der Waals surface area contributed by atoms with Gasteiger partial charge in [0.05, 0.1) is 11.7 Å². The Kier molecular flexibility index (Phi) is 4.24. The molecule has 4 N–H and O–H groups in total. The summed E-state index contributed by atoms with van der Waals surface area (Å²) in [6.07, 6.45) is -5.81. The third-order valence-corrected chi connectivity index (χ3v) is 3.16. The molecule has 1 fully saturated rings. The van der Waals surface area contributed by atoms with Crippen LogP contribution >= 0.6 is 0 Å². The van der Waals surface area contributed by atoms with Gasteiger partial charge in [0.15, 0.2) is 0 Å². The first-order valence-corrected chi connectivity index (χ1v) is 6.10. The van der Waals surface area contributed by atoms with E-state index in [-0.39, 0.29) is 11.3 Å². The Morgan fingerprint density at radius 3 is 2.25 bits per heavy atom. The molecule has 0 unspecified atom stereocenters. The fourth-order valence-electron chi connectivity index (χ4n) is 1.92. The normalized spacial score (nSPS) is 33.7. The zero-order chi connectivity index (χ0) is 14.9. The number of hydrogen-bond donors (Lipinski definition) is 4. The molecular formula is C13H16O7. The molecular weight excluding hydrogens is 268 g/mol. The molecule has 1 aliphatic rings. The molecule has 110 valence electrons. The lowest BCUT2D eigenvalue weighted by molar-refractivity contribution is -0.268. The average molecular weight is 284 g/mol. The molecule has 1 aromatic rings. The highest BCUT2D eigenvalue weighted by Crippen LogP contribution is 2.24. The molecule has 1 saturated heterocycles. The lowest BCUT2D eigenvalue weighted by atomic mass is 10.00. The summed E-state index contributed by atoms with van der Waals surface area (Å²) in [5.41, 5.74) is 0.103. The van der Waals surface area contributed by atoms with Gasteiger partial charge in [-0.2, -0.15) is 0 Å². The zero-order valence-corrected chi connectivity index (χ0v) is 10.7. The molecule has 0 amide bonds. The Balaban J connectivity index is 2.07. The van der Waals surface area contributed by atoms with Crippen molar-refractivity contribution in [3.8, 4) is 5.75 Å². The van der Waals surface area contributed by atoms with Gasteiger partial charge in [0.25, 0.3) is 0 Å². The number of carbonyl (C=O) groups is 1. The molecule has 5 atom stereocenters. The number of carboxylic acids is 1. The molecule has 7 nitrogen and oxygen atoms in total. The van der Waals surface area contributed by atoms with Gasteiger partial charge < -0.3 is 29.9 Å². The minimum Gasteiger partial charge on any atom is -0.478 e. The van der Waals surface area contributed by atoms with E-state index in [9.17, 15) is 20.1 Å². The van der Waals surface area contributed by atoms with Crippen LogP contribution < -0.4 is 4.74 Å². The molecule has 0 saturated carbocycles. The summed E-state index contributed by atoms with van der Waals surface area (Å²) in [7, 11) is 0. The quantitative estimate of drug-likeness (QED) is 0.596. The number of ether oxygens (including phenoxy) is 2. The maximum atomic E-state index is 10.7. The molecule has 7 heteroatoms. The lowest BCUT2D eigenvalue weighted by Gasteiger charge is -2.38. The van der Waals surface area contributed by atoms with Crippen molar-refractivity contribution < 1.29 is 34.7 Å². The molecule has 0 radical (unpaired) electrons. The van der Waals surface area contributed by atoms with E-state index in [0.717, 1.165) is 0 Å². The predicted octanol–water partition coefficient (Wildman–Crippen LogP) is -0.409. The fraction of sp³-hybridized carbons (Fsp3) is 0.462. The summed E-state index contributed by atoms with van der Waals surface area (Å²) >= 11 is 0. The van der Waals surface area contributed by atoms with Crippen LogP contribution in [0, 0.1) is 0 Å². The van der Waals surface area contributed by atoms with Crippen LogP contribution in [0.2, 0.25) is 0 Å². The highest BCUT2D eigenvalue weighted by molar-refractivity contribution is 5.87. The van der Waals surface area contributed by atoms with Crippen LogP contribution in [0.3, 0.4) is 0 Å². The van der Waals surface area contributed by atoms with Crippen LogP contribution in [0.15, 0.2) is 24.3 Å². The smallest absolute Gasteiger partial charge is 0.335 e. The Morgan fingerprint density at radius 2 is 1.70 bits per heavy atom. The van der Waals surface area contributed by atoms with Gasteiger partial charge in [-0.25, -0.2) is 4.79 Å². The van der Waals surface area contributed by atoms with Gasteiger partial charge >= 0.3 is 5.97 Å². The molecule has 0 bridgehead atoms. The first kappa shape index (κ1) is 14.7. The fourth-order valence-corrected chi connectivity index (χ4v) is 1.92. The minimum atomic E-state index is -1.40. The van der Waals surface area contributed by atoms with Crippen molar-refractivity contribution in [2.24, 2.45) is 0 Å². The van der Waals surface area contributed by atoms with E-state index < -0.39 is 36.7 Å². The number of hydrogen-bond acceptors (Lipinski definition) is 6. The molecule has 1 aliphatic heterocycles. The number of aliphatic hydroxyl groups is 3. The average Bonchev–Trinajstić information content (AvgIpc) is 2.43. The third kappa shape index (κ3) is 2.91. The second-order valence-corrected chi connectivity index (χ2v) is 4.63. The molecule has 20 heavy (non-hydrogen) atoms. The number of benzene rings is 1. The van der Waals surface area contributed by atoms with Crippen molar-refractivity contribution in [1.29, 1.82) is 0 Å². The summed E-state index contributed by atoms with van der Waals surface area (Å²) in [6.45, 7) is 1.55. The van der Waals surface area contributed by atoms with Crippen molar-refractivity contribution in [2.45, 2.75) is 37.6 Å². The van der Waals surface area contributed by atoms with Crippen LogP contribution in [-0.4, -0.2) is 57.1 Å². The zero-order valence-electron chi connectivity index (χ0n) is 10.7. The van der Waals surface area contributed by atoms with Crippen LogP contribution in [0.25, 0.3) is 0 Å². The van der Waals surface area contributed by atoms with Crippen molar-refractivity contribution in [1.82, 2.24) is 0 Å². The minimum absolute atomic E-state index is 0.103. The summed E-state index contributed by atoms with van der Waals surface area (Å²) < 4.78 is 10.6. The topological polar surface area (TPSA) is 116 Å². The van der Waals surface area contributed by atoms with E-state index in [0.29, 0.717) is 0 Å². The predicted molar refractivity (Wildman–Crippen MR) is 66.4 cm³/mol. The second-order valence-electron chi connectivity index (χ2n) is 4.63. The van der Waals surface area contributed by atoms with Gasteiger partial charge in [0.2, 0.25) is 6.29 Å². The largest absolute Gasteiger partial charge is 0.478 e. The summed E-state index contributed by atoms with van der Waals surface area (Å²) in [5, 5.41) is 37.7. The van der Waals surface area contributed by atoms with Crippen molar-refractivity contribution in [3.63, 3.8) is 0 Å². The van der Waals surface area contributed by atoms with Gasteiger partial charge in [0.1, 0.15) is 24.1 Å². The van der Waals surface area contributed by atoms with Crippen LogP contribution in [-0.2, 0) is 4.74 Å². The van der Waals surface area contributed by atoms with E-state index in [2.05, 4.69) is 0 Å². The van der Waals surface area contributed by atoms with Crippen molar-refractivity contribution >= 4 is 5.97 Å².